The number of hydrogen-bond acceptors (Lipinski definition) is 8. The van der Waals surface area contributed by atoms with E-state index in [9.17, 15) is 14.4 Å². The molecule has 1 fully saturated rings. The molecule has 11 heteroatoms. The first-order chi connectivity index (χ1) is 16.1. The number of hydrogen-bond donors (Lipinski definition) is 3. The molecule has 188 valence electrons. The standard InChI is InChI=1S/C22H36N2O9/c25-20(26)15-24-22(28)32-14-13-31-12-11-30-10-9-29-8-7-23-21(27)33-16-19-17-5-3-1-2-4-6-18(17)19/h1-2,17-19H,3-16H2,(H,23,27)(H,24,28)(H,25,26)/b2-1-/t17-,18+,19?. The molecule has 0 aliphatic heterocycles. The van der Waals surface area contributed by atoms with Crippen LogP contribution in [-0.4, -0.2) is 89.2 Å². The van der Waals surface area contributed by atoms with Gasteiger partial charge in [0.2, 0.25) is 0 Å². The summed E-state index contributed by atoms with van der Waals surface area (Å²) >= 11 is 0. The fourth-order valence-corrected chi connectivity index (χ4v) is 3.82. The van der Waals surface area contributed by atoms with Crippen molar-refractivity contribution in [1.29, 1.82) is 0 Å². The van der Waals surface area contributed by atoms with E-state index in [1.165, 1.54) is 12.8 Å². The molecule has 11 nitrogen and oxygen atoms in total. The largest absolute Gasteiger partial charge is 0.480 e. The zero-order valence-electron chi connectivity index (χ0n) is 19.0. The summed E-state index contributed by atoms with van der Waals surface area (Å²) in [5.74, 6) is 0.792. The van der Waals surface area contributed by atoms with Crippen LogP contribution < -0.4 is 10.6 Å². The lowest BCUT2D eigenvalue weighted by Crippen LogP contribution is -2.30. The first-order valence-corrected chi connectivity index (χ1v) is 11.5. The number of aliphatic carboxylic acids is 1. The molecular weight excluding hydrogens is 436 g/mol. The molecule has 0 aromatic heterocycles. The Morgan fingerprint density at radius 2 is 1.30 bits per heavy atom. The van der Waals surface area contributed by atoms with Crippen molar-refractivity contribution in [3.05, 3.63) is 12.2 Å². The fraction of sp³-hybridized carbons (Fsp3) is 0.773. The van der Waals surface area contributed by atoms with Crippen LogP contribution in [0.2, 0.25) is 0 Å². The number of alkyl carbamates (subject to hydrolysis) is 2. The van der Waals surface area contributed by atoms with E-state index < -0.39 is 24.7 Å². The Kier molecular flexibility index (Phi) is 13.3. The third-order valence-electron chi connectivity index (χ3n) is 5.52. The smallest absolute Gasteiger partial charge is 0.407 e. The highest BCUT2D eigenvalue weighted by Gasteiger charge is 2.49. The van der Waals surface area contributed by atoms with Crippen LogP contribution in [0.5, 0.6) is 0 Å². The Balaban J connectivity index is 1.29. The van der Waals surface area contributed by atoms with Crippen LogP contribution in [0.15, 0.2) is 12.2 Å². The summed E-state index contributed by atoms with van der Waals surface area (Å²) in [4.78, 5) is 33.1. The maximum Gasteiger partial charge on any atom is 0.407 e. The number of fused-ring (bicyclic) bond motifs is 1. The normalized spacial score (nSPS) is 22.2. The molecule has 33 heavy (non-hydrogen) atoms. The number of ether oxygens (including phenoxy) is 5. The molecule has 0 heterocycles. The van der Waals surface area contributed by atoms with Crippen molar-refractivity contribution in [3.63, 3.8) is 0 Å². The lowest BCUT2D eigenvalue weighted by Gasteiger charge is -2.09. The van der Waals surface area contributed by atoms with Gasteiger partial charge in [-0.15, -0.1) is 0 Å². The minimum atomic E-state index is -1.15. The molecule has 0 saturated heterocycles. The predicted molar refractivity (Wildman–Crippen MR) is 117 cm³/mol. The van der Waals surface area contributed by atoms with Crippen LogP contribution in [0.1, 0.15) is 25.7 Å². The topological polar surface area (TPSA) is 142 Å². The van der Waals surface area contributed by atoms with Crippen LogP contribution in [0, 0.1) is 17.8 Å². The van der Waals surface area contributed by atoms with E-state index in [1.807, 2.05) is 0 Å². The van der Waals surface area contributed by atoms with Gasteiger partial charge in [-0.05, 0) is 43.4 Å². The van der Waals surface area contributed by atoms with Crippen molar-refractivity contribution < 1.29 is 43.2 Å². The van der Waals surface area contributed by atoms with Gasteiger partial charge in [-0.25, -0.2) is 9.59 Å². The number of carboxylic acids is 1. The lowest BCUT2D eigenvalue weighted by molar-refractivity contribution is -0.135. The zero-order chi connectivity index (χ0) is 23.7. The van der Waals surface area contributed by atoms with Gasteiger partial charge in [0.25, 0.3) is 0 Å². The highest BCUT2D eigenvalue weighted by Crippen LogP contribution is 2.52. The van der Waals surface area contributed by atoms with Crippen LogP contribution in [-0.2, 0) is 28.5 Å². The summed E-state index contributed by atoms with van der Waals surface area (Å²) in [7, 11) is 0. The first kappa shape index (κ1) is 26.9. The minimum Gasteiger partial charge on any atom is -0.480 e. The zero-order valence-corrected chi connectivity index (χ0v) is 19.0. The van der Waals surface area contributed by atoms with E-state index in [2.05, 4.69) is 22.8 Å². The number of rotatable bonds is 16. The number of carboxylic acid groups (broad SMARTS) is 1. The molecule has 2 aliphatic rings. The fourth-order valence-electron chi connectivity index (χ4n) is 3.82. The third-order valence-corrected chi connectivity index (χ3v) is 5.52. The summed E-state index contributed by atoms with van der Waals surface area (Å²) in [5, 5.41) is 13.2. The van der Waals surface area contributed by atoms with Gasteiger partial charge in [0.15, 0.2) is 0 Å². The Morgan fingerprint density at radius 1 is 0.758 bits per heavy atom. The number of carbonyl (C=O) groups is 3. The summed E-state index contributed by atoms with van der Waals surface area (Å²) in [6.07, 6.45) is 7.97. The second kappa shape index (κ2) is 16.3. The molecule has 3 N–H and O–H groups in total. The summed E-state index contributed by atoms with van der Waals surface area (Å²) in [6, 6.07) is 0. The highest BCUT2D eigenvalue weighted by molar-refractivity contribution is 5.76. The van der Waals surface area contributed by atoms with Gasteiger partial charge in [-0.3, -0.25) is 4.79 Å². The van der Waals surface area contributed by atoms with Crippen molar-refractivity contribution in [2.24, 2.45) is 17.8 Å². The monoisotopic (exact) mass is 472 g/mol. The summed E-state index contributed by atoms with van der Waals surface area (Å²) < 4.78 is 26.0. The van der Waals surface area contributed by atoms with E-state index in [4.69, 9.17) is 28.8 Å². The van der Waals surface area contributed by atoms with Crippen molar-refractivity contribution in [3.8, 4) is 0 Å². The molecular formula is C22H36N2O9. The molecule has 0 aromatic rings. The van der Waals surface area contributed by atoms with Gasteiger partial charge in [0, 0.05) is 6.54 Å². The van der Waals surface area contributed by atoms with E-state index in [0.29, 0.717) is 63.9 Å². The minimum absolute atomic E-state index is 0.0172. The Bertz CT molecular complexity index is 613. The molecule has 2 rings (SSSR count). The molecule has 0 aromatic carbocycles. The maximum atomic E-state index is 11.8. The molecule has 1 saturated carbocycles. The maximum absolute atomic E-state index is 11.8. The van der Waals surface area contributed by atoms with Crippen LogP contribution >= 0.6 is 0 Å². The number of nitrogens with one attached hydrogen (secondary N) is 2. The number of carbonyl (C=O) groups excluding carboxylic acids is 2. The molecule has 0 spiro atoms. The Morgan fingerprint density at radius 3 is 1.91 bits per heavy atom. The highest BCUT2D eigenvalue weighted by atomic mass is 16.6. The second-order valence-electron chi connectivity index (χ2n) is 7.86. The molecule has 0 bridgehead atoms. The van der Waals surface area contributed by atoms with Gasteiger partial charge in [-0.2, -0.15) is 0 Å². The lowest BCUT2D eigenvalue weighted by atomic mass is 10.1. The predicted octanol–water partition coefficient (Wildman–Crippen LogP) is 1.57. The van der Waals surface area contributed by atoms with Gasteiger partial charge < -0.3 is 39.4 Å². The van der Waals surface area contributed by atoms with E-state index in [1.54, 1.807) is 0 Å². The van der Waals surface area contributed by atoms with Crippen molar-refractivity contribution in [2.45, 2.75) is 25.7 Å². The Labute approximate surface area is 194 Å². The van der Waals surface area contributed by atoms with Gasteiger partial charge in [0.05, 0.1) is 46.2 Å². The molecule has 1 unspecified atom stereocenters. The summed E-state index contributed by atoms with van der Waals surface area (Å²) in [5.41, 5.74) is 0. The van der Waals surface area contributed by atoms with Crippen LogP contribution in [0.25, 0.3) is 0 Å². The molecule has 2 amide bonds. The quantitative estimate of drug-likeness (QED) is 0.225. The van der Waals surface area contributed by atoms with Gasteiger partial charge in [0.1, 0.15) is 13.2 Å². The molecule has 0 radical (unpaired) electrons. The van der Waals surface area contributed by atoms with Crippen molar-refractivity contribution in [1.82, 2.24) is 10.6 Å². The first-order valence-electron chi connectivity index (χ1n) is 11.5. The van der Waals surface area contributed by atoms with E-state index >= 15 is 0 Å². The van der Waals surface area contributed by atoms with Crippen molar-refractivity contribution in [2.75, 3.05) is 65.9 Å². The third kappa shape index (κ3) is 12.4. The number of amides is 2. The van der Waals surface area contributed by atoms with Gasteiger partial charge >= 0.3 is 18.2 Å². The van der Waals surface area contributed by atoms with E-state index in [0.717, 1.165) is 12.8 Å². The van der Waals surface area contributed by atoms with Crippen LogP contribution in [0.3, 0.4) is 0 Å². The molecule has 3 atom stereocenters. The average Bonchev–Trinajstić information content (AvgIpc) is 3.42. The number of allylic oxidation sites excluding steroid dienone is 2. The van der Waals surface area contributed by atoms with Gasteiger partial charge in [-0.1, -0.05) is 12.2 Å². The second-order valence-corrected chi connectivity index (χ2v) is 7.86. The Hall–Kier alpha value is -2.37. The summed E-state index contributed by atoms with van der Waals surface area (Å²) in [6.45, 7) is 2.43. The molecule has 2 aliphatic carbocycles. The van der Waals surface area contributed by atoms with Crippen LogP contribution in [0.4, 0.5) is 9.59 Å². The average molecular weight is 473 g/mol. The SMILES string of the molecule is O=C(O)CNC(=O)OCCOCCOCCOCCNC(=O)OCC1[C@H]2CC/C=C\CC[C@@H]12. The van der Waals surface area contributed by atoms with E-state index in [-0.39, 0.29) is 13.2 Å². The van der Waals surface area contributed by atoms with Crippen molar-refractivity contribution >= 4 is 18.2 Å².